The zero-order valence-corrected chi connectivity index (χ0v) is 14.9. The molecule has 0 heterocycles. The summed E-state index contributed by atoms with van der Waals surface area (Å²) in [7, 11) is 0. The first kappa shape index (κ1) is 18.2. The van der Waals surface area contributed by atoms with E-state index in [0.717, 1.165) is 16.9 Å². The maximum Gasteiger partial charge on any atom is 0.255 e. The molecular weight excluding hydrogens is 340 g/mol. The molecule has 5 heteroatoms. The van der Waals surface area contributed by atoms with Crippen molar-refractivity contribution in [1.29, 1.82) is 0 Å². The molecule has 136 valence electrons. The van der Waals surface area contributed by atoms with Gasteiger partial charge in [-0.05, 0) is 54.1 Å². The van der Waals surface area contributed by atoms with E-state index in [1.165, 1.54) is 6.92 Å². The van der Waals surface area contributed by atoms with E-state index in [0.29, 0.717) is 17.9 Å². The van der Waals surface area contributed by atoms with Crippen molar-refractivity contribution in [2.24, 2.45) is 0 Å². The van der Waals surface area contributed by atoms with E-state index < -0.39 is 0 Å². The Balaban J connectivity index is 1.54. The molecule has 3 aromatic carbocycles. The van der Waals surface area contributed by atoms with Gasteiger partial charge >= 0.3 is 0 Å². The molecule has 0 saturated carbocycles. The van der Waals surface area contributed by atoms with Gasteiger partial charge in [0.15, 0.2) is 0 Å². The second-order valence-corrected chi connectivity index (χ2v) is 6.01. The van der Waals surface area contributed by atoms with E-state index in [4.69, 9.17) is 4.74 Å². The Kier molecular flexibility index (Phi) is 5.84. The van der Waals surface area contributed by atoms with Crippen LogP contribution in [0.1, 0.15) is 22.8 Å². The molecule has 0 aliphatic carbocycles. The number of ether oxygens (including phenoxy) is 1. The number of rotatable bonds is 6. The maximum atomic E-state index is 12.2. The average Bonchev–Trinajstić information content (AvgIpc) is 2.68. The van der Waals surface area contributed by atoms with E-state index in [-0.39, 0.29) is 11.8 Å². The van der Waals surface area contributed by atoms with E-state index in [1.54, 1.807) is 36.4 Å². The van der Waals surface area contributed by atoms with Crippen LogP contribution in [0.3, 0.4) is 0 Å². The van der Waals surface area contributed by atoms with Crippen molar-refractivity contribution < 1.29 is 14.3 Å². The highest BCUT2D eigenvalue weighted by atomic mass is 16.5. The molecule has 3 aromatic rings. The number of hydrogen-bond acceptors (Lipinski definition) is 3. The molecule has 0 radical (unpaired) electrons. The fraction of sp³-hybridized carbons (Fsp3) is 0.0909. The van der Waals surface area contributed by atoms with E-state index in [9.17, 15) is 9.59 Å². The van der Waals surface area contributed by atoms with Gasteiger partial charge in [-0.15, -0.1) is 0 Å². The van der Waals surface area contributed by atoms with Crippen LogP contribution in [0.2, 0.25) is 0 Å². The minimum absolute atomic E-state index is 0.111. The van der Waals surface area contributed by atoms with Crippen molar-refractivity contribution >= 4 is 23.2 Å². The lowest BCUT2D eigenvalue weighted by atomic mass is 10.1. The minimum Gasteiger partial charge on any atom is -0.489 e. The smallest absolute Gasteiger partial charge is 0.255 e. The second-order valence-electron chi connectivity index (χ2n) is 6.01. The molecule has 2 amide bonds. The molecule has 5 nitrogen and oxygen atoms in total. The summed E-state index contributed by atoms with van der Waals surface area (Å²) in [4.78, 5) is 23.3. The van der Waals surface area contributed by atoms with Crippen molar-refractivity contribution in [3.63, 3.8) is 0 Å². The Morgan fingerprint density at radius 2 is 1.41 bits per heavy atom. The summed E-state index contributed by atoms with van der Waals surface area (Å²) < 4.78 is 5.73. The first-order valence-electron chi connectivity index (χ1n) is 8.56. The Bertz CT molecular complexity index is 905. The normalized spacial score (nSPS) is 10.1. The van der Waals surface area contributed by atoms with Gasteiger partial charge in [0.05, 0.1) is 0 Å². The average molecular weight is 360 g/mol. The number of amides is 2. The van der Waals surface area contributed by atoms with Gasteiger partial charge in [0.25, 0.3) is 5.91 Å². The fourth-order valence-corrected chi connectivity index (χ4v) is 2.48. The third kappa shape index (κ3) is 5.44. The second kappa shape index (κ2) is 8.67. The third-order valence-electron chi connectivity index (χ3n) is 3.83. The zero-order chi connectivity index (χ0) is 19.1. The number of para-hydroxylation sites is 1. The van der Waals surface area contributed by atoms with Crippen molar-refractivity contribution in [1.82, 2.24) is 0 Å². The van der Waals surface area contributed by atoms with Crippen LogP contribution in [-0.2, 0) is 11.4 Å². The first-order chi connectivity index (χ1) is 13.1. The quantitative estimate of drug-likeness (QED) is 0.681. The summed E-state index contributed by atoms with van der Waals surface area (Å²) >= 11 is 0. The van der Waals surface area contributed by atoms with Gasteiger partial charge in [0.2, 0.25) is 5.91 Å². The van der Waals surface area contributed by atoms with Crippen molar-refractivity contribution in [2.45, 2.75) is 13.5 Å². The molecule has 0 aromatic heterocycles. The Morgan fingerprint density at radius 1 is 0.778 bits per heavy atom. The van der Waals surface area contributed by atoms with Crippen LogP contribution in [-0.4, -0.2) is 11.8 Å². The van der Waals surface area contributed by atoms with E-state index in [2.05, 4.69) is 10.6 Å². The highest BCUT2D eigenvalue weighted by Crippen LogP contribution is 2.17. The summed E-state index contributed by atoms with van der Waals surface area (Å²) in [6, 6.07) is 23.8. The number of carbonyl (C=O) groups excluding carboxylic acids is 2. The maximum absolute atomic E-state index is 12.2. The highest BCUT2D eigenvalue weighted by Gasteiger charge is 2.06. The van der Waals surface area contributed by atoms with Crippen LogP contribution in [0.4, 0.5) is 11.4 Å². The van der Waals surface area contributed by atoms with Crippen molar-refractivity contribution in [3.8, 4) is 5.75 Å². The van der Waals surface area contributed by atoms with Crippen LogP contribution >= 0.6 is 0 Å². The van der Waals surface area contributed by atoms with E-state index >= 15 is 0 Å². The summed E-state index contributed by atoms with van der Waals surface area (Å²) in [6.45, 7) is 1.86. The molecular formula is C22H20N2O3. The van der Waals surface area contributed by atoms with Gasteiger partial charge in [0.1, 0.15) is 12.4 Å². The number of benzene rings is 3. The number of hydrogen-bond donors (Lipinski definition) is 2. The fourth-order valence-electron chi connectivity index (χ4n) is 2.48. The van der Waals surface area contributed by atoms with Crippen LogP contribution in [0, 0.1) is 0 Å². The molecule has 0 bridgehead atoms. The van der Waals surface area contributed by atoms with Gasteiger partial charge in [0, 0.05) is 23.9 Å². The Morgan fingerprint density at radius 3 is 2.04 bits per heavy atom. The Hall–Kier alpha value is -3.60. The molecule has 0 fully saturated rings. The van der Waals surface area contributed by atoms with Crippen molar-refractivity contribution in [2.75, 3.05) is 10.6 Å². The van der Waals surface area contributed by atoms with Gasteiger partial charge in [-0.3, -0.25) is 9.59 Å². The van der Waals surface area contributed by atoms with Gasteiger partial charge in [-0.25, -0.2) is 0 Å². The monoisotopic (exact) mass is 360 g/mol. The first-order valence-corrected chi connectivity index (χ1v) is 8.56. The van der Waals surface area contributed by atoms with Crippen LogP contribution in [0.5, 0.6) is 5.75 Å². The molecule has 27 heavy (non-hydrogen) atoms. The molecule has 0 unspecified atom stereocenters. The number of nitrogens with one attached hydrogen (secondary N) is 2. The number of carbonyl (C=O) groups is 2. The van der Waals surface area contributed by atoms with Crippen LogP contribution in [0.25, 0.3) is 0 Å². The summed E-state index contributed by atoms with van der Waals surface area (Å²) in [5, 5.41) is 5.56. The molecule has 0 spiro atoms. The molecule has 0 aliphatic rings. The molecule has 0 aliphatic heterocycles. The van der Waals surface area contributed by atoms with Crippen LogP contribution in [0.15, 0.2) is 78.9 Å². The van der Waals surface area contributed by atoms with Gasteiger partial charge < -0.3 is 15.4 Å². The highest BCUT2D eigenvalue weighted by molar-refractivity contribution is 6.04. The van der Waals surface area contributed by atoms with E-state index in [1.807, 2.05) is 42.5 Å². The zero-order valence-electron chi connectivity index (χ0n) is 14.9. The number of anilines is 2. The molecule has 0 atom stereocenters. The van der Waals surface area contributed by atoms with Gasteiger partial charge in [-0.1, -0.05) is 30.3 Å². The topological polar surface area (TPSA) is 67.4 Å². The predicted octanol–water partition coefficient (Wildman–Crippen LogP) is 4.48. The Labute approximate surface area is 158 Å². The predicted molar refractivity (Wildman–Crippen MR) is 106 cm³/mol. The summed E-state index contributed by atoms with van der Waals surface area (Å²) in [5.41, 5.74) is 3.03. The SMILES string of the molecule is CC(=O)Nc1ccc(OCc2ccc(C(=O)Nc3ccccc3)cc2)cc1. The minimum atomic E-state index is -0.151. The third-order valence-corrected chi connectivity index (χ3v) is 3.83. The lowest BCUT2D eigenvalue weighted by Gasteiger charge is -2.09. The molecule has 0 saturated heterocycles. The van der Waals surface area contributed by atoms with Crippen LogP contribution < -0.4 is 15.4 Å². The van der Waals surface area contributed by atoms with Gasteiger partial charge in [-0.2, -0.15) is 0 Å². The molecule has 2 N–H and O–H groups in total. The largest absolute Gasteiger partial charge is 0.489 e. The molecule has 3 rings (SSSR count). The summed E-state index contributed by atoms with van der Waals surface area (Å²) in [5.74, 6) is 0.442. The standard InChI is InChI=1S/C22H20N2O3/c1-16(25)23-20-11-13-21(14-12-20)27-15-17-7-9-18(10-8-17)22(26)24-19-5-3-2-4-6-19/h2-14H,15H2,1H3,(H,23,25)(H,24,26). The van der Waals surface area contributed by atoms with Crippen molar-refractivity contribution in [3.05, 3.63) is 90.0 Å². The lowest BCUT2D eigenvalue weighted by Crippen LogP contribution is -2.11. The summed E-state index contributed by atoms with van der Waals surface area (Å²) in [6.07, 6.45) is 0. The lowest BCUT2D eigenvalue weighted by molar-refractivity contribution is -0.114.